The fraction of sp³-hybridized carbons (Fsp3) is 0.278. The van der Waals surface area contributed by atoms with Crippen molar-refractivity contribution in [2.24, 2.45) is 0 Å². The Morgan fingerprint density at radius 2 is 2.04 bits per heavy atom. The molecule has 0 bridgehead atoms. The molecule has 0 radical (unpaired) electrons. The summed E-state index contributed by atoms with van der Waals surface area (Å²) >= 11 is 0. The van der Waals surface area contributed by atoms with E-state index < -0.39 is 6.03 Å². The number of aromatic nitrogens is 1. The van der Waals surface area contributed by atoms with Gasteiger partial charge in [-0.15, -0.1) is 0 Å². The van der Waals surface area contributed by atoms with Crippen molar-refractivity contribution in [2.45, 2.75) is 19.8 Å². The largest absolute Gasteiger partial charge is 0.329 e. The standard InChI is InChI=1S/C18H20N4O2/c1-13-8-9-16(19-11-13)21-18(24)20-12-17(23)22-10-4-6-14-5-2-3-7-15(14)22/h2-3,5,7-9,11H,4,6,10,12H2,1H3,(H2,19,20,21,24). The fourth-order valence-electron chi connectivity index (χ4n) is 2.75. The Bertz CT molecular complexity index is 743. The van der Waals surface area contributed by atoms with Crippen molar-refractivity contribution in [3.63, 3.8) is 0 Å². The van der Waals surface area contributed by atoms with Gasteiger partial charge in [-0.1, -0.05) is 24.3 Å². The number of urea groups is 1. The van der Waals surface area contributed by atoms with Gasteiger partial charge in [-0.2, -0.15) is 0 Å². The van der Waals surface area contributed by atoms with Gasteiger partial charge in [0.1, 0.15) is 5.82 Å². The van der Waals surface area contributed by atoms with Crippen molar-refractivity contribution >= 4 is 23.4 Å². The molecule has 1 aromatic carbocycles. The van der Waals surface area contributed by atoms with E-state index in [1.54, 1.807) is 17.2 Å². The zero-order valence-electron chi connectivity index (χ0n) is 13.6. The van der Waals surface area contributed by atoms with Crippen molar-refractivity contribution in [2.75, 3.05) is 23.3 Å². The first kappa shape index (κ1) is 16.0. The molecule has 0 fully saturated rings. The van der Waals surface area contributed by atoms with Gasteiger partial charge in [0, 0.05) is 18.4 Å². The lowest BCUT2D eigenvalue weighted by Crippen LogP contribution is -2.43. The molecule has 1 aromatic heterocycles. The van der Waals surface area contributed by atoms with Gasteiger partial charge in [0.2, 0.25) is 5.91 Å². The van der Waals surface area contributed by atoms with E-state index in [4.69, 9.17) is 0 Å². The average molecular weight is 324 g/mol. The van der Waals surface area contributed by atoms with Gasteiger partial charge in [-0.25, -0.2) is 9.78 Å². The first-order chi connectivity index (χ1) is 11.6. The minimum absolute atomic E-state index is 0.0496. The van der Waals surface area contributed by atoms with E-state index in [1.807, 2.05) is 37.3 Å². The third-order valence-electron chi connectivity index (χ3n) is 3.96. The fourth-order valence-corrected chi connectivity index (χ4v) is 2.75. The molecule has 6 heteroatoms. The summed E-state index contributed by atoms with van der Waals surface area (Å²) in [6.45, 7) is 2.55. The SMILES string of the molecule is Cc1ccc(NC(=O)NCC(=O)N2CCCc3ccccc32)nc1. The van der Waals surface area contributed by atoms with Crippen LogP contribution in [0.1, 0.15) is 17.5 Å². The molecular weight excluding hydrogens is 304 g/mol. The highest BCUT2D eigenvalue weighted by Crippen LogP contribution is 2.26. The summed E-state index contributed by atoms with van der Waals surface area (Å²) in [6, 6.07) is 11.0. The molecule has 0 spiro atoms. The van der Waals surface area contributed by atoms with Crippen molar-refractivity contribution in [1.82, 2.24) is 10.3 Å². The van der Waals surface area contributed by atoms with Gasteiger partial charge in [-0.05, 0) is 43.0 Å². The van der Waals surface area contributed by atoms with Crippen LogP contribution in [0.15, 0.2) is 42.6 Å². The molecule has 24 heavy (non-hydrogen) atoms. The second-order valence-electron chi connectivity index (χ2n) is 5.81. The molecule has 2 heterocycles. The Balaban J connectivity index is 1.56. The maximum Gasteiger partial charge on any atom is 0.320 e. The van der Waals surface area contributed by atoms with E-state index in [1.165, 1.54) is 5.56 Å². The number of rotatable bonds is 3. The van der Waals surface area contributed by atoms with Crippen LogP contribution in [0.25, 0.3) is 0 Å². The number of para-hydroxylation sites is 1. The Morgan fingerprint density at radius 1 is 1.21 bits per heavy atom. The van der Waals surface area contributed by atoms with E-state index in [0.717, 1.165) is 24.1 Å². The molecule has 0 aliphatic carbocycles. The van der Waals surface area contributed by atoms with Gasteiger partial charge < -0.3 is 10.2 Å². The van der Waals surface area contributed by atoms with Crippen LogP contribution in [0.2, 0.25) is 0 Å². The van der Waals surface area contributed by atoms with Gasteiger partial charge in [-0.3, -0.25) is 10.1 Å². The van der Waals surface area contributed by atoms with E-state index >= 15 is 0 Å². The Kier molecular flexibility index (Phi) is 4.74. The second kappa shape index (κ2) is 7.12. The van der Waals surface area contributed by atoms with Crippen LogP contribution in [-0.2, 0) is 11.2 Å². The molecular formula is C18H20N4O2. The smallest absolute Gasteiger partial charge is 0.320 e. The Labute approximate surface area is 140 Å². The number of hydrogen-bond donors (Lipinski definition) is 2. The predicted molar refractivity (Wildman–Crippen MR) is 93.1 cm³/mol. The molecule has 0 saturated carbocycles. The maximum atomic E-state index is 12.4. The van der Waals surface area contributed by atoms with Crippen LogP contribution in [0.4, 0.5) is 16.3 Å². The molecule has 124 valence electrons. The van der Waals surface area contributed by atoms with Crippen molar-refractivity contribution in [3.8, 4) is 0 Å². The van der Waals surface area contributed by atoms with Crippen LogP contribution in [-0.4, -0.2) is 30.0 Å². The molecule has 1 aliphatic heterocycles. The number of aryl methyl sites for hydroxylation is 2. The number of amides is 3. The van der Waals surface area contributed by atoms with Crippen LogP contribution >= 0.6 is 0 Å². The topological polar surface area (TPSA) is 74.3 Å². The lowest BCUT2D eigenvalue weighted by molar-refractivity contribution is -0.117. The number of fused-ring (bicyclic) bond motifs is 1. The number of nitrogens with zero attached hydrogens (tertiary/aromatic N) is 2. The number of carbonyl (C=O) groups excluding carboxylic acids is 2. The molecule has 2 N–H and O–H groups in total. The molecule has 2 aromatic rings. The third kappa shape index (κ3) is 3.71. The van der Waals surface area contributed by atoms with E-state index in [0.29, 0.717) is 12.4 Å². The Hall–Kier alpha value is -2.89. The highest BCUT2D eigenvalue weighted by atomic mass is 16.2. The molecule has 3 amide bonds. The number of pyridine rings is 1. The molecule has 3 rings (SSSR count). The summed E-state index contributed by atoms with van der Waals surface area (Å²) in [7, 11) is 0. The highest BCUT2D eigenvalue weighted by Gasteiger charge is 2.22. The van der Waals surface area contributed by atoms with Gasteiger partial charge in [0.25, 0.3) is 0 Å². The Morgan fingerprint density at radius 3 is 2.83 bits per heavy atom. The van der Waals surface area contributed by atoms with Crippen LogP contribution in [0.3, 0.4) is 0 Å². The van der Waals surface area contributed by atoms with Crippen molar-refractivity contribution in [3.05, 3.63) is 53.7 Å². The summed E-state index contributed by atoms with van der Waals surface area (Å²) in [5.41, 5.74) is 3.13. The number of benzene rings is 1. The summed E-state index contributed by atoms with van der Waals surface area (Å²) in [4.78, 5) is 30.2. The number of anilines is 2. The lowest BCUT2D eigenvalue weighted by Gasteiger charge is -2.29. The lowest BCUT2D eigenvalue weighted by atomic mass is 10.0. The van der Waals surface area contributed by atoms with Gasteiger partial charge in [0.05, 0.1) is 6.54 Å². The summed E-state index contributed by atoms with van der Waals surface area (Å²) < 4.78 is 0. The maximum absolute atomic E-state index is 12.4. The predicted octanol–water partition coefficient (Wildman–Crippen LogP) is 2.49. The highest BCUT2D eigenvalue weighted by molar-refractivity contribution is 5.99. The molecule has 6 nitrogen and oxygen atoms in total. The minimum Gasteiger partial charge on any atom is -0.329 e. The summed E-state index contributed by atoms with van der Waals surface area (Å²) in [5, 5.41) is 5.21. The number of carbonyl (C=O) groups is 2. The quantitative estimate of drug-likeness (QED) is 0.911. The number of nitrogens with one attached hydrogen (secondary N) is 2. The third-order valence-corrected chi connectivity index (χ3v) is 3.96. The number of hydrogen-bond acceptors (Lipinski definition) is 3. The normalized spacial score (nSPS) is 13.1. The molecule has 0 atom stereocenters. The molecule has 1 aliphatic rings. The van der Waals surface area contributed by atoms with Crippen LogP contribution < -0.4 is 15.5 Å². The zero-order chi connectivity index (χ0) is 16.9. The zero-order valence-corrected chi connectivity index (χ0v) is 13.6. The van der Waals surface area contributed by atoms with Crippen LogP contribution in [0, 0.1) is 6.92 Å². The van der Waals surface area contributed by atoms with Gasteiger partial charge >= 0.3 is 6.03 Å². The summed E-state index contributed by atoms with van der Waals surface area (Å²) in [6.07, 6.45) is 3.58. The van der Waals surface area contributed by atoms with Gasteiger partial charge in [0.15, 0.2) is 0 Å². The van der Waals surface area contributed by atoms with Crippen molar-refractivity contribution < 1.29 is 9.59 Å². The van der Waals surface area contributed by atoms with Crippen LogP contribution in [0.5, 0.6) is 0 Å². The molecule has 0 unspecified atom stereocenters. The first-order valence-corrected chi connectivity index (χ1v) is 7.99. The summed E-state index contributed by atoms with van der Waals surface area (Å²) in [5.74, 6) is 0.336. The monoisotopic (exact) mass is 324 g/mol. The second-order valence-corrected chi connectivity index (χ2v) is 5.81. The first-order valence-electron chi connectivity index (χ1n) is 7.99. The minimum atomic E-state index is -0.440. The van der Waals surface area contributed by atoms with E-state index in [2.05, 4.69) is 15.6 Å². The van der Waals surface area contributed by atoms with Crippen molar-refractivity contribution in [1.29, 1.82) is 0 Å². The average Bonchev–Trinajstić information content (AvgIpc) is 2.61. The molecule has 0 saturated heterocycles. The van der Waals surface area contributed by atoms with E-state index in [-0.39, 0.29) is 12.5 Å². The van der Waals surface area contributed by atoms with E-state index in [9.17, 15) is 9.59 Å².